The molecule has 84 valence electrons. The molecule has 2 aromatic rings. The molecule has 0 aliphatic carbocycles. The highest BCUT2D eigenvalue weighted by molar-refractivity contribution is 9.09. The van der Waals surface area contributed by atoms with Crippen LogP contribution in [0.5, 0.6) is 0 Å². The molecule has 0 saturated carbocycles. The highest BCUT2D eigenvalue weighted by Gasteiger charge is 2.17. The molecule has 0 saturated heterocycles. The van der Waals surface area contributed by atoms with Crippen LogP contribution in [-0.4, -0.2) is 5.33 Å². The van der Waals surface area contributed by atoms with E-state index >= 15 is 0 Å². The van der Waals surface area contributed by atoms with Gasteiger partial charge >= 0.3 is 0 Å². The fraction of sp³-hybridized carbons (Fsp3) is 0.333. The van der Waals surface area contributed by atoms with Gasteiger partial charge in [0.05, 0.1) is 0 Å². The molecule has 0 atom stereocenters. The Morgan fingerprint density at radius 2 is 1.69 bits per heavy atom. The van der Waals surface area contributed by atoms with E-state index in [0.29, 0.717) is 5.41 Å². The first kappa shape index (κ1) is 11.7. The summed E-state index contributed by atoms with van der Waals surface area (Å²) in [5.41, 5.74) is 1.76. The van der Waals surface area contributed by atoms with Gasteiger partial charge in [-0.2, -0.15) is 0 Å². The van der Waals surface area contributed by atoms with Gasteiger partial charge < -0.3 is 0 Å². The quantitative estimate of drug-likeness (QED) is 0.707. The molecular weight excluding hydrogens is 260 g/mol. The molecule has 0 spiro atoms. The standard InChI is InChI=1S/C15H17Br/c1-15(2,11-16)10-13-8-5-7-12-6-3-4-9-14(12)13/h3-9H,10-11H2,1-2H3. The van der Waals surface area contributed by atoms with Crippen molar-refractivity contribution in [2.24, 2.45) is 5.41 Å². The summed E-state index contributed by atoms with van der Waals surface area (Å²) in [5, 5.41) is 3.76. The average molecular weight is 277 g/mol. The molecule has 1 heteroatoms. The van der Waals surface area contributed by atoms with E-state index in [1.165, 1.54) is 16.3 Å². The van der Waals surface area contributed by atoms with Gasteiger partial charge in [0.2, 0.25) is 0 Å². The van der Waals surface area contributed by atoms with Crippen LogP contribution in [0.2, 0.25) is 0 Å². The maximum Gasteiger partial charge on any atom is 0.00858 e. The SMILES string of the molecule is CC(C)(CBr)Cc1cccc2ccccc12. The number of hydrogen-bond acceptors (Lipinski definition) is 0. The Balaban J connectivity index is 2.45. The Morgan fingerprint density at radius 3 is 2.44 bits per heavy atom. The summed E-state index contributed by atoms with van der Waals surface area (Å²) >= 11 is 3.59. The second-order valence-electron chi connectivity index (χ2n) is 5.11. The van der Waals surface area contributed by atoms with Gasteiger partial charge in [0.25, 0.3) is 0 Å². The van der Waals surface area contributed by atoms with Gasteiger partial charge in [0.15, 0.2) is 0 Å². The van der Waals surface area contributed by atoms with Crippen LogP contribution >= 0.6 is 15.9 Å². The predicted octanol–water partition coefficient (Wildman–Crippen LogP) is 4.80. The van der Waals surface area contributed by atoms with E-state index in [9.17, 15) is 0 Å². The molecule has 0 N–H and O–H groups in total. The molecule has 0 nitrogen and oxygen atoms in total. The lowest BCUT2D eigenvalue weighted by Gasteiger charge is -2.22. The minimum atomic E-state index is 0.310. The summed E-state index contributed by atoms with van der Waals surface area (Å²) in [6.07, 6.45) is 1.11. The molecule has 0 aliphatic heterocycles. The highest BCUT2D eigenvalue weighted by Crippen LogP contribution is 2.28. The van der Waals surface area contributed by atoms with Crippen molar-refractivity contribution in [3.63, 3.8) is 0 Å². The van der Waals surface area contributed by atoms with Gasteiger partial charge in [-0.1, -0.05) is 72.2 Å². The number of alkyl halides is 1. The van der Waals surface area contributed by atoms with Gasteiger partial charge in [0.1, 0.15) is 0 Å². The molecule has 0 aromatic heterocycles. The summed E-state index contributed by atoms with van der Waals surface area (Å²) in [4.78, 5) is 0. The number of rotatable bonds is 3. The molecule has 0 unspecified atom stereocenters. The second kappa shape index (κ2) is 4.58. The number of halogens is 1. The van der Waals surface area contributed by atoms with Crippen molar-refractivity contribution in [1.29, 1.82) is 0 Å². The lowest BCUT2D eigenvalue weighted by Crippen LogP contribution is -2.16. The van der Waals surface area contributed by atoms with Gasteiger partial charge in [0, 0.05) is 5.33 Å². The Hall–Kier alpha value is -0.820. The molecule has 0 radical (unpaired) electrons. The van der Waals surface area contributed by atoms with Crippen LogP contribution < -0.4 is 0 Å². The average Bonchev–Trinajstić information content (AvgIpc) is 2.29. The molecule has 2 rings (SSSR count). The van der Waals surface area contributed by atoms with Crippen LogP contribution in [0.25, 0.3) is 10.8 Å². The van der Waals surface area contributed by atoms with E-state index in [-0.39, 0.29) is 0 Å². The second-order valence-corrected chi connectivity index (χ2v) is 5.67. The molecule has 0 fully saturated rings. The zero-order valence-electron chi connectivity index (χ0n) is 9.83. The minimum Gasteiger partial charge on any atom is -0.0922 e. The topological polar surface area (TPSA) is 0 Å². The third kappa shape index (κ3) is 2.46. The first-order chi connectivity index (χ1) is 7.62. The zero-order chi connectivity index (χ0) is 11.6. The van der Waals surface area contributed by atoms with E-state index in [1.54, 1.807) is 0 Å². The lowest BCUT2D eigenvalue weighted by atomic mass is 9.86. The van der Waals surface area contributed by atoms with Crippen molar-refractivity contribution in [2.45, 2.75) is 20.3 Å². The Labute approximate surface area is 106 Å². The third-order valence-electron chi connectivity index (χ3n) is 2.91. The van der Waals surface area contributed by atoms with Gasteiger partial charge in [-0.05, 0) is 28.2 Å². The molecule has 2 aromatic carbocycles. The summed E-state index contributed by atoms with van der Waals surface area (Å²) in [6, 6.07) is 15.2. The van der Waals surface area contributed by atoms with Gasteiger partial charge in [-0.25, -0.2) is 0 Å². The number of benzene rings is 2. The largest absolute Gasteiger partial charge is 0.0922 e. The molecule has 0 bridgehead atoms. The number of hydrogen-bond donors (Lipinski definition) is 0. The van der Waals surface area contributed by atoms with Crippen LogP contribution in [0.15, 0.2) is 42.5 Å². The van der Waals surface area contributed by atoms with Crippen molar-refractivity contribution in [1.82, 2.24) is 0 Å². The van der Waals surface area contributed by atoms with E-state index in [1.807, 2.05) is 0 Å². The maximum atomic E-state index is 3.59. The van der Waals surface area contributed by atoms with E-state index < -0.39 is 0 Å². The zero-order valence-corrected chi connectivity index (χ0v) is 11.4. The lowest BCUT2D eigenvalue weighted by molar-refractivity contribution is 0.426. The normalized spacial score (nSPS) is 11.9. The van der Waals surface area contributed by atoms with Crippen molar-refractivity contribution in [3.8, 4) is 0 Å². The Kier molecular flexibility index (Phi) is 3.34. The van der Waals surface area contributed by atoms with Crippen molar-refractivity contribution in [2.75, 3.05) is 5.33 Å². The minimum absolute atomic E-state index is 0.310. The van der Waals surface area contributed by atoms with Crippen molar-refractivity contribution < 1.29 is 0 Å². The molecule has 0 heterocycles. The maximum absolute atomic E-state index is 3.59. The summed E-state index contributed by atoms with van der Waals surface area (Å²) < 4.78 is 0. The monoisotopic (exact) mass is 276 g/mol. The van der Waals surface area contributed by atoms with Crippen LogP contribution in [0, 0.1) is 5.41 Å². The number of fused-ring (bicyclic) bond motifs is 1. The van der Waals surface area contributed by atoms with E-state index in [4.69, 9.17) is 0 Å². The molecular formula is C15H17Br. The van der Waals surface area contributed by atoms with E-state index in [0.717, 1.165) is 11.8 Å². The fourth-order valence-corrected chi connectivity index (χ4v) is 2.21. The van der Waals surface area contributed by atoms with Crippen molar-refractivity contribution >= 4 is 26.7 Å². The van der Waals surface area contributed by atoms with Crippen LogP contribution in [0.3, 0.4) is 0 Å². The fourth-order valence-electron chi connectivity index (χ4n) is 2.01. The summed E-state index contributed by atoms with van der Waals surface area (Å²) in [7, 11) is 0. The van der Waals surface area contributed by atoms with E-state index in [2.05, 4.69) is 72.2 Å². The summed E-state index contributed by atoms with van der Waals surface area (Å²) in [5.74, 6) is 0. The van der Waals surface area contributed by atoms with Crippen LogP contribution in [0.4, 0.5) is 0 Å². The predicted molar refractivity (Wildman–Crippen MR) is 75.2 cm³/mol. The Morgan fingerprint density at radius 1 is 1.00 bits per heavy atom. The highest BCUT2D eigenvalue weighted by atomic mass is 79.9. The molecule has 16 heavy (non-hydrogen) atoms. The third-order valence-corrected chi connectivity index (χ3v) is 4.43. The van der Waals surface area contributed by atoms with Crippen LogP contribution in [0.1, 0.15) is 19.4 Å². The smallest absolute Gasteiger partial charge is 0.00858 e. The Bertz CT molecular complexity index is 480. The molecule has 0 aliphatic rings. The van der Waals surface area contributed by atoms with Crippen molar-refractivity contribution in [3.05, 3.63) is 48.0 Å². The van der Waals surface area contributed by atoms with Gasteiger partial charge in [-0.15, -0.1) is 0 Å². The first-order valence-electron chi connectivity index (χ1n) is 5.65. The van der Waals surface area contributed by atoms with Gasteiger partial charge in [-0.3, -0.25) is 0 Å². The van der Waals surface area contributed by atoms with Crippen LogP contribution in [-0.2, 0) is 6.42 Å². The summed E-state index contributed by atoms with van der Waals surface area (Å²) in [6.45, 7) is 4.59. The molecule has 0 amide bonds. The first-order valence-corrected chi connectivity index (χ1v) is 6.77.